The topological polar surface area (TPSA) is 122 Å². The number of nitrogens with zero attached hydrogens (tertiary/aromatic N) is 7. The van der Waals surface area contributed by atoms with E-state index in [0.29, 0.717) is 29.6 Å². The Kier molecular flexibility index (Phi) is 8.76. The number of nitrogens with one attached hydrogen (secondary N) is 1. The summed E-state index contributed by atoms with van der Waals surface area (Å²) < 4.78 is 76.4. The zero-order valence-corrected chi connectivity index (χ0v) is 26.0. The summed E-state index contributed by atoms with van der Waals surface area (Å²) in [6, 6.07) is 7.95. The molecule has 0 saturated heterocycles. The van der Waals surface area contributed by atoms with Crippen LogP contribution in [0.4, 0.5) is 27.6 Å². The van der Waals surface area contributed by atoms with Gasteiger partial charge in [0.1, 0.15) is 5.75 Å². The second-order valence-electron chi connectivity index (χ2n) is 11.1. The number of ether oxygens (including phenoxy) is 1. The van der Waals surface area contributed by atoms with Crippen molar-refractivity contribution in [1.29, 1.82) is 0 Å². The van der Waals surface area contributed by atoms with Gasteiger partial charge in [-0.3, -0.25) is 14.6 Å². The molecule has 2 unspecified atom stereocenters. The number of methoxy groups -OCH3 is 1. The van der Waals surface area contributed by atoms with Crippen LogP contribution in [0.3, 0.4) is 0 Å². The molecule has 11 nitrogen and oxygen atoms in total. The number of anilines is 1. The molecular formula is C31H26ClF5N8O3. The first-order chi connectivity index (χ1) is 22.8. The molecule has 1 aliphatic heterocycles. The van der Waals surface area contributed by atoms with Crippen molar-refractivity contribution >= 4 is 23.2 Å². The minimum absolute atomic E-state index is 0.0240. The molecule has 1 amide bonds. The number of aromatic nitrogens is 7. The Morgan fingerprint density at radius 1 is 1.06 bits per heavy atom. The van der Waals surface area contributed by atoms with Crippen LogP contribution in [0.5, 0.6) is 5.75 Å². The van der Waals surface area contributed by atoms with Gasteiger partial charge in [-0.25, -0.2) is 9.36 Å². The summed E-state index contributed by atoms with van der Waals surface area (Å²) in [5.41, 5.74) is -0.379. The maximum Gasteiger partial charge on any atom is 0.436 e. The van der Waals surface area contributed by atoms with Crippen molar-refractivity contribution in [3.05, 3.63) is 87.9 Å². The minimum Gasteiger partial charge on any atom is -0.495 e. The van der Waals surface area contributed by atoms with Crippen LogP contribution in [0.25, 0.3) is 28.1 Å². The summed E-state index contributed by atoms with van der Waals surface area (Å²) in [6.07, 6.45) is 1.24. The third-order valence-corrected chi connectivity index (χ3v) is 8.31. The fourth-order valence-electron chi connectivity index (χ4n) is 5.68. The number of amides is 1. The maximum atomic E-state index is 14.0. The van der Waals surface area contributed by atoms with E-state index < -0.39 is 35.9 Å². The van der Waals surface area contributed by atoms with Crippen molar-refractivity contribution < 1.29 is 31.5 Å². The van der Waals surface area contributed by atoms with Crippen molar-refractivity contribution in [2.24, 2.45) is 5.92 Å². The Balaban J connectivity index is 1.49. The fourth-order valence-corrected chi connectivity index (χ4v) is 5.85. The SMILES string of the molecule is COc1cn(C2CCCC(C)C(=O)Nc3cnn(C(F)F)c3-c3ccnc2c3)c(=O)cc1-c1cc(Cl)ccc1-n1cc(C(F)(F)F)nn1. The number of carbonyl (C=O) groups is 1. The molecule has 5 heterocycles. The number of fused-ring (bicyclic) bond motifs is 4. The van der Waals surface area contributed by atoms with Gasteiger partial charge in [0, 0.05) is 39.9 Å². The molecule has 1 N–H and O–H groups in total. The molecule has 2 atom stereocenters. The van der Waals surface area contributed by atoms with E-state index in [0.717, 1.165) is 17.1 Å². The van der Waals surface area contributed by atoms with Crippen molar-refractivity contribution in [3.8, 4) is 33.8 Å². The first-order valence-corrected chi connectivity index (χ1v) is 15.0. The lowest BCUT2D eigenvalue weighted by Gasteiger charge is -2.24. The fraction of sp³-hybridized carbons (Fsp3) is 0.290. The van der Waals surface area contributed by atoms with Crippen LogP contribution in [0.1, 0.15) is 50.2 Å². The van der Waals surface area contributed by atoms with Gasteiger partial charge >= 0.3 is 12.7 Å². The monoisotopic (exact) mass is 688 g/mol. The number of hydrogen-bond donors (Lipinski definition) is 1. The third kappa shape index (κ3) is 6.26. The Labute approximate surface area is 273 Å². The molecule has 4 aromatic heterocycles. The van der Waals surface area contributed by atoms with Crippen LogP contribution in [0, 0.1) is 5.92 Å². The molecule has 1 aromatic carbocycles. The molecule has 0 fully saturated rings. The van der Waals surface area contributed by atoms with E-state index in [2.05, 4.69) is 25.7 Å². The van der Waals surface area contributed by atoms with Gasteiger partial charge in [-0.1, -0.05) is 30.2 Å². The Hall–Kier alpha value is -5.12. The highest BCUT2D eigenvalue weighted by Gasteiger charge is 2.35. The van der Waals surface area contributed by atoms with Crippen molar-refractivity contribution in [2.75, 3.05) is 12.4 Å². The van der Waals surface area contributed by atoms with E-state index in [1.54, 1.807) is 13.0 Å². The molecule has 2 bridgehead atoms. The van der Waals surface area contributed by atoms with Crippen LogP contribution in [0.15, 0.2) is 66.0 Å². The van der Waals surface area contributed by atoms with E-state index in [4.69, 9.17) is 16.3 Å². The van der Waals surface area contributed by atoms with Gasteiger partial charge in [0.15, 0.2) is 5.69 Å². The summed E-state index contributed by atoms with van der Waals surface area (Å²) in [6.45, 7) is -1.29. The standard InChI is InChI=1S/C31H26ClF5N8O3/c1-16-4-3-5-24(21-10-17(8-9-38-21)28-22(40-29(16)47)13-39-45(28)30(33)34)43-14-25(48-2)20(12-27(43)46)19-11-18(32)6-7-23(19)44-15-26(41-42-44)31(35,36)37/h6-16,24,30H,3-5H2,1-2H3,(H,40,47). The lowest BCUT2D eigenvalue weighted by molar-refractivity contribution is -0.141. The molecule has 6 rings (SSSR count). The van der Waals surface area contributed by atoms with Crippen LogP contribution < -0.4 is 15.6 Å². The molecule has 1 aliphatic rings. The molecule has 250 valence electrons. The van der Waals surface area contributed by atoms with E-state index in [1.165, 1.54) is 54.4 Å². The summed E-state index contributed by atoms with van der Waals surface area (Å²) in [7, 11) is 1.36. The number of rotatable bonds is 5. The first kappa shape index (κ1) is 32.8. The van der Waals surface area contributed by atoms with Gasteiger partial charge in [0.05, 0.1) is 54.5 Å². The predicted octanol–water partition coefficient (Wildman–Crippen LogP) is 6.78. The second-order valence-corrected chi connectivity index (χ2v) is 11.6. The number of halogens is 6. The molecule has 0 spiro atoms. The lowest BCUT2D eigenvalue weighted by atomic mass is 9.96. The molecule has 48 heavy (non-hydrogen) atoms. The largest absolute Gasteiger partial charge is 0.495 e. The van der Waals surface area contributed by atoms with Crippen LogP contribution in [-0.2, 0) is 11.0 Å². The van der Waals surface area contributed by atoms with Gasteiger partial charge in [-0.2, -0.15) is 27.1 Å². The van der Waals surface area contributed by atoms with Gasteiger partial charge in [0.25, 0.3) is 5.56 Å². The minimum atomic E-state index is -4.73. The Bertz CT molecular complexity index is 2060. The maximum absolute atomic E-state index is 14.0. The molecule has 17 heteroatoms. The molecule has 5 aromatic rings. The quantitative estimate of drug-likeness (QED) is 0.202. The van der Waals surface area contributed by atoms with Gasteiger partial charge in [-0.05, 0) is 43.2 Å². The van der Waals surface area contributed by atoms with Gasteiger partial charge < -0.3 is 14.6 Å². The van der Waals surface area contributed by atoms with E-state index in [9.17, 15) is 31.5 Å². The molecule has 0 saturated carbocycles. The third-order valence-electron chi connectivity index (χ3n) is 8.08. The number of carbonyl (C=O) groups excluding carboxylic acids is 1. The number of pyridine rings is 2. The molecule has 0 aliphatic carbocycles. The Morgan fingerprint density at radius 3 is 2.56 bits per heavy atom. The average molecular weight is 689 g/mol. The number of alkyl halides is 5. The summed E-state index contributed by atoms with van der Waals surface area (Å²) >= 11 is 6.29. The first-order valence-electron chi connectivity index (χ1n) is 14.6. The summed E-state index contributed by atoms with van der Waals surface area (Å²) in [5.74, 6) is -0.697. The van der Waals surface area contributed by atoms with E-state index >= 15 is 0 Å². The van der Waals surface area contributed by atoms with Crippen molar-refractivity contribution in [1.82, 2.24) is 34.3 Å². The smallest absolute Gasteiger partial charge is 0.436 e. The lowest BCUT2D eigenvalue weighted by Crippen LogP contribution is -2.27. The molecular weight excluding hydrogens is 663 g/mol. The highest BCUT2D eigenvalue weighted by molar-refractivity contribution is 6.31. The van der Waals surface area contributed by atoms with Crippen LogP contribution >= 0.6 is 11.6 Å². The zero-order valence-electron chi connectivity index (χ0n) is 25.2. The number of hydrogen-bond acceptors (Lipinski definition) is 7. The second kappa shape index (κ2) is 12.8. The Morgan fingerprint density at radius 2 is 1.85 bits per heavy atom. The average Bonchev–Trinajstić information content (AvgIpc) is 3.71. The van der Waals surface area contributed by atoms with E-state index in [-0.39, 0.29) is 50.4 Å². The van der Waals surface area contributed by atoms with Crippen LogP contribution in [0.2, 0.25) is 5.02 Å². The zero-order chi connectivity index (χ0) is 34.3. The van der Waals surface area contributed by atoms with Crippen molar-refractivity contribution in [3.63, 3.8) is 0 Å². The predicted molar refractivity (Wildman–Crippen MR) is 164 cm³/mol. The summed E-state index contributed by atoms with van der Waals surface area (Å²) in [5, 5.41) is 13.6. The van der Waals surface area contributed by atoms with Gasteiger partial charge in [0.2, 0.25) is 5.91 Å². The highest BCUT2D eigenvalue weighted by Crippen LogP contribution is 2.38. The summed E-state index contributed by atoms with van der Waals surface area (Å²) in [4.78, 5) is 31.4. The number of benzene rings is 1. The van der Waals surface area contributed by atoms with Crippen LogP contribution in [-0.4, -0.2) is 47.3 Å². The normalized spacial score (nSPS) is 17.0. The van der Waals surface area contributed by atoms with Crippen molar-refractivity contribution in [2.45, 2.75) is 45.0 Å². The molecule has 0 radical (unpaired) electrons. The highest BCUT2D eigenvalue weighted by atomic mass is 35.5. The van der Waals surface area contributed by atoms with E-state index in [1.807, 2.05) is 0 Å². The van der Waals surface area contributed by atoms with Gasteiger partial charge in [-0.15, -0.1) is 5.10 Å².